The smallest absolute Gasteiger partial charge is 0.0475 e. The zero-order valence-electron chi connectivity index (χ0n) is 17.2. The van der Waals surface area contributed by atoms with Crippen molar-refractivity contribution in [2.75, 3.05) is 19.6 Å². The van der Waals surface area contributed by atoms with E-state index >= 15 is 0 Å². The molecule has 0 aromatic heterocycles. The van der Waals surface area contributed by atoms with Crippen LogP contribution in [0.3, 0.4) is 0 Å². The molecule has 1 atom stereocenters. The number of nitrogens with zero attached hydrogens (tertiary/aromatic N) is 2. The average Bonchev–Trinajstić information content (AvgIpc) is 2.76. The van der Waals surface area contributed by atoms with Gasteiger partial charge in [0.2, 0.25) is 0 Å². The maximum atomic E-state index is 2.58. The first-order valence-corrected chi connectivity index (χ1v) is 10.4. The normalized spacial score (nSPS) is 12.4. The summed E-state index contributed by atoms with van der Waals surface area (Å²) in [5.74, 6) is 0. The highest BCUT2D eigenvalue weighted by Crippen LogP contribution is 2.23. The maximum Gasteiger partial charge on any atom is 0.0475 e. The molecule has 0 N–H and O–H groups in total. The van der Waals surface area contributed by atoms with E-state index in [9.17, 15) is 0 Å². The van der Waals surface area contributed by atoms with Crippen LogP contribution < -0.4 is 0 Å². The lowest BCUT2D eigenvalue weighted by atomic mass is 10.0. The fourth-order valence-corrected chi connectivity index (χ4v) is 3.88. The molecule has 0 unspecified atom stereocenters. The summed E-state index contributed by atoms with van der Waals surface area (Å²) in [6.45, 7) is 9.56. The molecule has 0 heterocycles. The summed E-state index contributed by atoms with van der Waals surface area (Å²) < 4.78 is 0. The van der Waals surface area contributed by atoms with Gasteiger partial charge in [-0.25, -0.2) is 0 Å². The number of hydrogen-bond acceptors (Lipinski definition) is 2. The highest BCUT2D eigenvalue weighted by Gasteiger charge is 2.21. The van der Waals surface area contributed by atoms with E-state index in [-0.39, 0.29) is 0 Å². The predicted molar refractivity (Wildman–Crippen MR) is 119 cm³/mol. The van der Waals surface area contributed by atoms with Gasteiger partial charge in [0, 0.05) is 25.7 Å². The Morgan fingerprint density at radius 3 is 1.46 bits per heavy atom. The average molecular weight is 373 g/mol. The van der Waals surface area contributed by atoms with Gasteiger partial charge in [-0.1, -0.05) is 105 Å². The molecule has 0 aliphatic carbocycles. The Labute approximate surface area is 170 Å². The molecular weight excluding hydrogens is 340 g/mol. The van der Waals surface area contributed by atoms with E-state index in [1.807, 2.05) is 0 Å². The van der Waals surface area contributed by atoms with Gasteiger partial charge in [-0.3, -0.25) is 9.80 Å². The molecule has 28 heavy (non-hydrogen) atoms. The highest BCUT2D eigenvalue weighted by atomic mass is 15.2. The van der Waals surface area contributed by atoms with Gasteiger partial charge in [0.05, 0.1) is 0 Å². The topological polar surface area (TPSA) is 6.48 Å². The fraction of sp³-hybridized carbons (Fsp3) is 0.308. The summed E-state index contributed by atoms with van der Waals surface area (Å²) in [4.78, 5) is 5.15. The van der Waals surface area contributed by atoms with Crippen LogP contribution in [-0.2, 0) is 13.1 Å². The molecule has 0 saturated heterocycles. The summed E-state index contributed by atoms with van der Waals surface area (Å²) in [5.41, 5.74) is 4.13. The van der Waals surface area contributed by atoms with Crippen LogP contribution in [-0.4, -0.2) is 29.4 Å². The molecule has 3 aromatic carbocycles. The summed E-state index contributed by atoms with van der Waals surface area (Å²) in [6, 6.07) is 33.0. The quantitative estimate of drug-likeness (QED) is 0.446. The van der Waals surface area contributed by atoms with Crippen molar-refractivity contribution < 1.29 is 0 Å². The van der Waals surface area contributed by atoms with Crippen LogP contribution in [0.5, 0.6) is 0 Å². The second-order valence-electron chi connectivity index (χ2n) is 7.29. The van der Waals surface area contributed by atoms with Crippen molar-refractivity contribution in [2.24, 2.45) is 0 Å². The Kier molecular flexibility index (Phi) is 7.83. The van der Waals surface area contributed by atoms with Gasteiger partial charge in [-0.05, 0) is 29.8 Å². The van der Waals surface area contributed by atoms with Crippen molar-refractivity contribution in [1.29, 1.82) is 0 Å². The third-order valence-corrected chi connectivity index (χ3v) is 5.37. The van der Waals surface area contributed by atoms with Crippen molar-refractivity contribution in [3.8, 4) is 0 Å². The molecule has 146 valence electrons. The van der Waals surface area contributed by atoms with Crippen molar-refractivity contribution >= 4 is 0 Å². The molecule has 3 rings (SSSR count). The van der Waals surface area contributed by atoms with Crippen molar-refractivity contribution in [3.63, 3.8) is 0 Å². The van der Waals surface area contributed by atoms with Gasteiger partial charge < -0.3 is 0 Å². The largest absolute Gasteiger partial charge is 0.296 e. The van der Waals surface area contributed by atoms with E-state index in [0.717, 1.165) is 32.7 Å². The lowest BCUT2D eigenvalue weighted by Crippen LogP contribution is -2.37. The van der Waals surface area contributed by atoms with E-state index in [1.54, 1.807) is 0 Å². The lowest BCUT2D eigenvalue weighted by molar-refractivity contribution is 0.139. The van der Waals surface area contributed by atoms with E-state index < -0.39 is 0 Å². The van der Waals surface area contributed by atoms with Crippen LogP contribution in [0.1, 0.15) is 36.6 Å². The van der Waals surface area contributed by atoms with Gasteiger partial charge >= 0.3 is 0 Å². The molecule has 0 bridgehead atoms. The number of likely N-dealkylation sites (N-methyl/N-ethyl adjacent to an activating group) is 1. The van der Waals surface area contributed by atoms with Crippen LogP contribution in [0.25, 0.3) is 0 Å². The Morgan fingerprint density at radius 1 is 0.607 bits per heavy atom. The highest BCUT2D eigenvalue weighted by molar-refractivity contribution is 5.21. The number of rotatable bonds is 10. The van der Waals surface area contributed by atoms with Gasteiger partial charge in [-0.15, -0.1) is 0 Å². The minimum absolute atomic E-state index is 0.392. The minimum Gasteiger partial charge on any atom is -0.296 e. The molecule has 0 saturated carbocycles. The standard InChI is InChI=1S/C26H32N2/c1-3-28(4-2)26(25-18-12-7-13-19-25)22-27(20-23-14-8-5-9-15-23)21-24-16-10-6-11-17-24/h5-19,26H,3-4,20-22H2,1-2H3/t26-/m0/s1. The Hall–Kier alpha value is -2.42. The molecule has 2 heteroatoms. The Bertz CT molecular complexity index is 741. The van der Waals surface area contributed by atoms with Crippen LogP contribution >= 0.6 is 0 Å². The zero-order chi connectivity index (χ0) is 19.6. The van der Waals surface area contributed by atoms with Crippen molar-refractivity contribution in [2.45, 2.75) is 33.0 Å². The molecule has 3 aromatic rings. The van der Waals surface area contributed by atoms with Crippen LogP contribution in [0.2, 0.25) is 0 Å². The first-order chi connectivity index (χ1) is 13.8. The molecule has 0 spiro atoms. The van der Waals surface area contributed by atoms with E-state index in [4.69, 9.17) is 0 Å². The molecule has 0 aliphatic rings. The summed E-state index contributed by atoms with van der Waals surface area (Å²) in [5, 5.41) is 0. The summed E-state index contributed by atoms with van der Waals surface area (Å²) in [6.07, 6.45) is 0. The summed E-state index contributed by atoms with van der Waals surface area (Å²) >= 11 is 0. The Morgan fingerprint density at radius 2 is 1.04 bits per heavy atom. The maximum absolute atomic E-state index is 2.58. The molecule has 0 amide bonds. The SMILES string of the molecule is CCN(CC)[C@@H](CN(Cc1ccccc1)Cc1ccccc1)c1ccccc1. The molecule has 0 aliphatic heterocycles. The van der Waals surface area contributed by atoms with Crippen molar-refractivity contribution in [3.05, 3.63) is 108 Å². The van der Waals surface area contributed by atoms with Crippen LogP contribution in [0.15, 0.2) is 91.0 Å². The van der Waals surface area contributed by atoms with E-state index in [0.29, 0.717) is 6.04 Å². The molecule has 0 fully saturated rings. The van der Waals surface area contributed by atoms with Gasteiger partial charge in [0.1, 0.15) is 0 Å². The predicted octanol–water partition coefficient (Wildman–Crippen LogP) is 5.77. The van der Waals surface area contributed by atoms with Gasteiger partial charge in [-0.2, -0.15) is 0 Å². The zero-order valence-corrected chi connectivity index (χ0v) is 17.2. The first-order valence-electron chi connectivity index (χ1n) is 10.4. The third-order valence-electron chi connectivity index (χ3n) is 5.37. The van der Waals surface area contributed by atoms with E-state index in [1.165, 1.54) is 16.7 Å². The lowest BCUT2D eigenvalue weighted by Gasteiger charge is -2.35. The Balaban J connectivity index is 1.85. The van der Waals surface area contributed by atoms with Gasteiger partial charge in [0.25, 0.3) is 0 Å². The van der Waals surface area contributed by atoms with Gasteiger partial charge in [0.15, 0.2) is 0 Å². The number of benzene rings is 3. The second kappa shape index (κ2) is 10.8. The second-order valence-corrected chi connectivity index (χ2v) is 7.29. The van der Waals surface area contributed by atoms with Crippen LogP contribution in [0, 0.1) is 0 Å². The molecule has 0 radical (unpaired) electrons. The van der Waals surface area contributed by atoms with E-state index in [2.05, 4.69) is 115 Å². The fourth-order valence-electron chi connectivity index (χ4n) is 3.88. The molecular formula is C26H32N2. The number of hydrogen-bond donors (Lipinski definition) is 0. The first kappa shape index (κ1) is 20.3. The minimum atomic E-state index is 0.392. The van der Waals surface area contributed by atoms with Crippen molar-refractivity contribution in [1.82, 2.24) is 9.80 Å². The molecule has 2 nitrogen and oxygen atoms in total. The monoisotopic (exact) mass is 372 g/mol. The third kappa shape index (κ3) is 5.79. The van der Waals surface area contributed by atoms with Crippen LogP contribution in [0.4, 0.5) is 0 Å². The summed E-state index contributed by atoms with van der Waals surface area (Å²) in [7, 11) is 0.